The fourth-order valence-electron chi connectivity index (χ4n) is 6.27. The number of benzene rings is 4. The van der Waals surface area contributed by atoms with Crippen LogP contribution in [0.5, 0.6) is 11.5 Å². The van der Waals surface area contributed by atoms with Gasteiger partial charge in [-0.15, -0.1) is 0 Å². The van der Waals surface area contributed by atoms with E-state index in [-0.39, 0.29) is 12.2 Å². The molecular formula is C38H48N4O2. The van der Waals surface area contributed by atoms with E-state index in [9.17, 15) is 0 Å². The lowest BCUT2D eigenvalue weighted by molar-refractivity contribution is 0.0490. The molecule has 2 aliphatic rings. The van der Waals surface area contributed by atoms with Crippen LogP contribution in [0.25, 0.3) is 0 Å². The van der Waals surface area contributed by atoms with Crippen molar-refractivity contribution in [2.45, 2.75) is 52.0 Å². The Kier molecular flexibility index (Phi) is 11.2. The number of nitrogens with two attached hydrogens (primary N) is 2. The number of likely N-dealkylation sites (tertiary alicyclic amines) is 2. The minimum Gasteiger partial charge on any atom is -0.490 e. The molecule has 6 heteroatoms. The first kappa shape index (κ1) is 31.4. The van der Waals surface area contributed by atoms with Crippen molar-refractivity contribution in [2.24, 2.45) is 11.8 Å². The average molecular weight is 593 g/mol. The van der Waals surface area contributed by atoms with Gasteiger partial charge in [-0.05, 0) is 48.2 Å². The van der Waals surface area contributed by atoms with E-state index < -0.39 is 0 Å². The van der Waals surface area contributed by atoms with E-state index in [0.717, 1.165) is 75.0 Å². The van der Waals surface area contributed by atoms with Gasteiger partial charge in [-0.3, -0.25) is 9.80 Å². The second kappa shape index (κ2) is 15.6. The van der Waals surface area contributed by atoms with E-state index in [1.54, 1.807) is 0 Å². The van der Waals surface area contributed by atoms with Crippen LogP contribution in [0, 0.1) is 11.8 Å². The molecule has 0 bridgehead atoms. The highest BCUT2D eigenvalue weighted by molar-refractivity contribution is 5.44. The molecule has 0 radical (unpaired) electrons. The Morgan fingerprint density at radius 3 is 1.34 bits per heavy atom. The number of anilines is 2. The summed E-state index contributed by atoms with van der Waals surface area (Å²) in [6.45, 7) is 10.9. The van der Waals surface area contributed by atoms with Crippen LogP contribution < -0.4 is 20.9 Å². The molecule has 44 heavy (non-hydrogen) atoms. The molecule has 6 rings (SSSR count). The molecule has 4 atom stereocenters. The topological polar surface area (TPSA) is 77.0 Å². The lowest BCUT2D eigenvalue weighted by Gasteiger charge is -2.37. The van der Waals surface area contributed by atoms with Gasteiger partial charge in [0.25, 0.3) is 0 Å². The van der Waals surface area contributed by atoms with Crippen LogP contribution in [-0.2, 0) is 13.1 Å². The quantitative estimate of drug-likeness (QED) is 0.212. The van der Waals surface area contributed by atoms with Gasteiger partial charge in [-0.25, -0.2) is 0 Å². The maximum Gasteiger partial charge on any atom is 0.121 e. The van der Waals surface area contributed by atoms with Crippen LogP contribution in [0.3, 0.4) is 0 Å². The van der Waals surface area contributed by atoms with Crippen molar-refractivity contribution >= 4 is 11.4 Å². The van der Waals surface area contributed by atoms with Crippen molar-refractivity contribution in [1.82, 2.24) is 9.80 Å². The SMILES string of the molecule is C[C@@H]1CN(Cc2ccccc2)CC[C@H]1Oc1cccc(N)c1.C[C@H]1CN(Cc2ccccc2)CC[C@@H]1Oc1cccc(N)c1. The third-order valence-electron chi connectivity index (χ3n) is 8.61. The lowest BCUT2D eigenvalue weighted by atomic mass is 9.96. The van der Waals surface area contributed by atoms with Crippen molar-refractivity contribution in [2.75, 3.05) is 37.6 Å². The first-order valence-electron chi connectivity index (χ1n) is 16.0. The second-order valence-electron chi connectivity index (χ2n) is 12.4. The van der Waals surface area contributed by atoms with Gasteiger partial charge in [-0.1, -0.05) is 86.6 Å². The summed E-state index contributed by atoms with van der Waals surface area (Å²) in [6, 6.07) is 36.8. The fraction of sp³-hybridized carbons (Fsp3) is 0.368. The van der Waals surface area contributed by atoms with E-state index in [1.807, 2.05) is 48.5 Å². The minimum absolute atomic E-state index is 0.272. The summed E-state index contributed by atoms with van der Waals surface area (Å²) < 4.78 is 12.3. The van der Waals surface area contributed by atoms with Crippen LogP contribution in [-0.4, -0.2) is 48.2 Å². The van der Waals surface area contributed by atoms with Crippen molar-refractivity contribution in [3.63, 3.8) is 0 Å². The van der Waals surface area contributed by atoms with Crippen LogP contribution in [0.1, 0.15) is 37.8 Å². The third kappa shape index (κ3) is 9.50. The van der Waals surface area contributed by atoms with Gasteiger partial charge in [0.1, 0.15) is 23.7 Å². The van der Waals surface area contributed by atoms with Gasteiger partial charge >= 0.3 is 0 Å². The standard InChI is InChI=1S/2C19H24N2O/c2*1-15-13-21(14-16-6-3-2-4-7-16)11-10-19(15)22-18-9-5-8-17(20)12-18/h2*2-9,12,15,19H,10-11,13-14,20H2,1H3/t2*15-,19-/m10/s1. The zero-order valence-corrected chi connectivity index (χ0v) is 26.2. The molecule has 2 aliphatic heterocycles. The molecule has 4 aromatic rings. The smallest absolute Gasteiger partial charge is 0.121 e. The van der Waals surface area contributed by atoms with Crippen LogP contribution in [0.4, 0.5) is 11.4 Å². The molecule has 6 nitrogen and oxygen atoms in total. The first-order chi connectivity index (χ1) is 21.4. The molecule has 2 fully saturated rings. The molecule has 0 saturated carbocycles. The van der Waals surface area contributed by atoms with Gasteiger partial charge in [0.2, 0.25) is 0 Å². The lowest BCUT2D eigenvalue weighted by Crippen LogP contribution is -2.43. The molecule has 0 aliphatic carbocycles. The number of ether oxygens (including phenoxy) is 2. The molecule has 4 N–H and O–H groups in total. The summed E-state index contributed by atoms with van der Waals surface area (Å²) >= 11 is 0. The van der Waals surface area contributed by atoms with Gasteiger partial charge in [-0.2, -0.15) is 0 Å². The predicted octanol–water partition coefficient (Wildman–Crippen LogP) is 7.12. The first-order valence-corrected chi connectivity index (χ1v) is 16.0. The Hall–Kier alpha value is -4.00. The maximum atomic E-state index is 6.14. The van der Waals surface area contributed by atoms with E-state index in [1.165, 1.54) is 11.1 Å². The largest absolute Gasteiger partial charge is 0.490 e. The number of hydrogen-bond donors (Lipinski definition) is 2. The monoisotopic (exact) mass is 592 g/mol. The Morgan fingerprint density at radius 1 is 0.568 bits per heavy atom. The van der Waals surface area contributed by atoms with E-state index in [4.69, 9.17) is 20.9 Å². The number of hydrogen-bond acceptors (Lipinski definition) is 6. The van der Waals surface area contributed by atoms with E-state index >= 15 is 0 Å². The molecule has 0 aromatic heterocycles. The molecule has 0 spiro atoms. The molecule has 0 unspecified atom stereocenters. The number of nitrogens with zero attached hydrogens (tertiary/aromatic N) is 2. The third-order valence-corrected chi connectivity index (χ3v) is 8.61. The summed E-state index contributed by atoms with van der Waals surface area (Å²) in [5, 5.41) is 0. The number of rotatable bonds is 8. The van der Waals surface area contributed by atoms with E-state index in [2.05, 4.69) is 84.3 Å². The minimum atomic E-state index is 0.272. The number of piperidine rings is 2. The molecular weight excluding hydrogens is 544 g/mol. The highest BCUT2D eigenvalue weighted by Gasteiger charge is 2.28. The van der Waals surface area contributed by atoms with Gasteiger partial charge in [0, 0.05) is 74.6 Å². The fourth-order valence-corrected chi connectivity index (χ4v) is 6.27. The van der Waals surface area contributed by atoms with Crippen molar-refractivity contribution in [1.29, 1.82) is 0 Å². The predicted molar refractivity (Wildman–Crippen MR) is 182 cm³/mol. The average Bonchev–Trinajstić information content (AvgIpc) is 3.01. The highest BCUT2D eigenvalue weighted by atomic mass is 16.5. The zero-order chi connectivity index (χ0) is 30.7. The molecule has 0 amide bonds. The van der Waals surface area contributed by atoms with Crippen LogP contribution >= 0.6 is 0 Å². The van der Waals surface area contributed by atoms with Crippen LogP contribution in [0.15, 0.2) is 109 Å². The Labute approximate surface area is 263 Å². The normalized spacial score (nSPS) is 22.4. The Balaban J connectivity index is 0.000000175. The van der Waals surface area contributed by atoms with Crippen molar-refractivity contribution < 1.29 is 9.47 Å². The molecule has 2 saturated heterocycles. The summed E-state index contributed by atoms with van der Waals surface area (Å²) in [5.74, 6) is 2.79. The summed E-state index contributed by atoms with van der Waals surface area (Å²) in [6.07, 6.45) is 2.66. The maximum absolute atomic E-state index is 6.14. The highest BCUT2D eigenvalue weighted by Crippen LogP contribution is 2.26. The summed E-state index contributed by atoms with van der Waals surface area (Å²) in [5.41, 5.74) is 15.9. The van der Waals surface area contributed by atoms with Crippen LogP contribution in [0.2, 0.25) is 0 Å². The Morgan fingerprint density at radius 2 is 0.977 bits per heavy atom. The van der Waals surface area contributed by atoms with Crippen molar-refractivity contribution in [3.05, 3.63) is 120 Å². The summed E-state index contributed by atoms with van der Waals surface area (Å²) in [7, 11) is 0. The Bertz CT molecular complexity index is 1310. The van der Waals surface area contributed by atoms with Gasteiger partial charge < -0.3 is 20.9 Å². The summed E-state index contributed by atoms with van der Waals surface area (Å²) in [4.78, 5) is 5.03. The zero-order valence-electron chi connectivity index (χ0n) is 26.2. The van der Waals surface area contributed by atoms with E-state index in [0.29, 0.717) is 11.8 Å². The van der Waals surface area contributed by atoms with Crippen molar-refractivity contribution in [3.8, 4) is 11.5 Å². The number of nitrogen functional groups attached to an aromatic ring is 2. The van der Waals surface area contributed by atoms with Gasteiger partial charge in [0.05, 0.1) is 0 Å². The second-order valence-corrected chi connectivity index (χ2v) is 12.4. The van der Waals surface area contributed by atoms with Gasteiger partial charge in [0.15, 0.2) is 0 Å². The molecule has 4 aromatic carbocycles. The molecule has 2 heterocycles. The molecule has 232 valence electrons.